The zero-order chi connectivity index (χ0) is 27.1. The first-order valence-electron chi connectivity index (χ1n) is 13.2. The van der Waals surface area contributed by atoms with Crippen LogP contribution in [-0.2, 0) is 38.3 Å². The van der Waals surface area contributed by atoms with Crippen molar-refractivity contribution in [3.8, 4) is 12.1 Å². The number of rotatable bonds is 6. The number of hydrogen-bond donors (Lipinski definition) is 0. The molecule has 0 radical (unpaired) electrons. The monoisotopic (exact) mass is 524 g/mol. The van der Waals surface area contributed by atoms with Crippen molar-refractivity contribution >= 4 is 11.9 Å². The second-order valence-electron chi connectivity index (χ2n) is 11.0. The van der Waals surface area contributed by atoms with Crippen molar-refractivity contribution in [3.05, 3.63) is 35.4 Å². The van der Waals surface area contributed by atoms with E-state index in [-0.39, 0.29) is 30.6 Å². The highest BCUT2D eigenvalue weighted by Crippen LogP contribution is 2.60. The van der Waals surface area contributed by atoms with Gasteiger partial charge in [-0.3, -0.25) is 9.59 Å². The molecule has 4 heterocycles. The molecule has 4 unspecified atom stereocenters. The van der Waals surface area contributed by atoms with Crippen LogP contribution in [0.4, 0.5) is 0 Å². The predicted molar refractivity (Wildman–Crippen MR) is 128 cm³/mol. The van der Waals surface area contributed by atoms with Gasteiger partial charge in [0.15, 0.2) is 11.9 Å². The highest BCUT2D eigenvalue weighted by Gasteiger charge is 2.69. The Morgan fingerprint density at radius 1 is 1.05 bits per heavy atom. The van der Waals surface area contributed by atoms with Gasteiger partial charge in [0.25, 0.3) is 0 Å². The van der Waals surface area contributed by atoms with E-state index in [9.17, 15) is 14.9 Å². The number of esters is 2. The molecule has 0 N–H and O–H groups in total. The molecule has 0 aromatic heterocycles. The lowest BCUT2D eigenvalue weighted by atomic mass is 9.58. The second-order valence-corrected chi connectivity index (χ2v) is 11.0. The number of nitrogens with zero attached hydrogens (tertiary/aromatic N) is 2. The van der Waals surface area contributed by atoms with E-state index in [0.29, 0.717) is 23.5 Å². The third kappa shape index (κ3) is 4.67. The second kappa shape index (κ2) is 10.3. The Hall–Kier alpha value is -3.02. The van der Waals surface area contributed by atoms with Crippen LogP contribution in [-0.4, -0.2) is 35.9 Å². The molecule has 202 valence electrons. The van der Waals surface area contributed by atoms with Crippen molar-refractivity contribution in [1.82, 2.24) is 0 Å². The molecule has 10 heteroatoms. The maximum absolute atomic E-state index is 12.7. The van der Waals surface area contributed by atoms with Crippen molar-refractivity contribution in [2.75, 3.05) is 0 Å². The summed E-state index contributed by atoms with van der Waals surface area (Å²) in [6, 6.07) is 10.1. The maximum Gasteiger partial charge on any atom is 0.308 e. The molecular formula is C28H32N2O8. The van der Waals surface area contributed by atoms with Gasteiger partial charge in [-0.05, 0) is 50.2 Å². The van der Waals surface area contributed by atoms with Crippen LogP contribution < -0.4 is 0 Å². The first-order valence-corrected chi connectivity index (χ1v) is 13.2. The van der Waals surface area contributed by atoms with E-state index in [2.05, 4.69) is 6.92 Å². The molecule has 1 saturated carbocycles. The van der Waals surface area contributed by atoms with Crippen molar-refractivity contribution in [2.45, 2.75) is 89.4 Å². The van der Waals surface area contributed by atoms with Crippen LogP contribution >= 0.6 is 0 Å². The first kappa shape index (κ1) is 26.6. The zero-order valence-electron chi connectivity index (χ0n) is 21.8. The van der Waals surface area contributed by atoms with E-state index >= 15 is 0 Å². The van der Waals surface area contributed by atoms with Crippen LogP contribution in [0.15, 0.2) is 24.3 Å². The fraction of sp³-hybridized carbons (Fsp3) is 0.643. The van der Waals surface area contributed by atoms with E-state index in [1.54, 1.807) is 12.1 Å². The van der Waals surface area contributed by atoms with E-state index in [1.807, 2.05) is 26.0 Å². The number of benzene rings is 1. The minimum absolute atomic E-state index is 0.0108. The summed E-state index contributed by atoms with van der Waals surface area (Å²) in [6.07, 6.45) is 0.272. The van der Waals surface area contributed by atoms with Crippen molar-refractivity contribution in [2.24, 2.45) is 23.7 Å². The van der Waals surface area contributed by atoms with Gasteiger partial charge < -0.3 is 18.9 Å². The molecule has 9 atom stereocenters. The van der Waals surface area contributed by atoms with Gasteiger partial charge in [0.1, 0.15) is 6.07 Å². The van der Waals surface area contributed by atoms with Gasteiger partial charge in [-0.1, -0.05) is 26.0 Å². The number of carbonyl (C=O) groups excluding carboxylic acids is 2. The zero-order valence-corrected chi connectivity index (χ0v) is 21.8. The van der Waals surface area contributed by atoms with Crippen molar-refractivity contribution < 1.29 is 38.3 Å². The van der Waals surface area contributed by atoms with Crippen LogP contribution in [0.5, 0.6) is 0 Å². The topological polar surface area (TPSA) is 137 Å². The van der Waals surface area contributed by atoms with Gasteiger partial charge in [-0.2, -0.15) is 10.5 Å². The Morgan fingerprint density at radius 2 is 1.79 bits per heavy atom. The molecule has 1 aromatic carbocycles. The fourth-order valence-corrected chi connectivity index (χ4v) is 6.49. The van der Waals surface area contributed by atoms with Gasteiger partial charge in [0, 0.05) is 23.8 Å². The quantitative estimate of drug-likeness (QED) is 0.393. The predicted octanol–water partition coefficient (Wildman–Crippen LogP) is 4.20. The van der Waals surface area contributed by atoms with Crippen LogP contribution in [0.1, 0.15) is 76.5 Å². The molecule has 5 aliphatic rings. The highest BCUT2D eigenvalue weighted by molar-refractivity contribution is 5.78. The Bertz CT molecular complexity index is 1160. The average Bonchev–Trinajstić information content (AvgIpc) is 3.15. The average molecular weight is 525 g/mol. The molecule has 38 heavy (non-hydrogen) atoms. The summed E-state index contributed by atoms with van der Waals surface area (Å²) in [5, 5.41) is 18.3. The Labute approximate surface area is 221 Å². The molecule has 1 aliphatic carbocycles. The molecule has 4 aliphatic heterocycles. The van der Waals surface area contributed by atoms with Crippen LogP contribution in [0, 0.1) is 46.3 Å². The van der Waals surface area contributed by atoms with Gasteiger partial charge in [-0.15, -0.1) is 0 Å². The molecule has 5 fully saturated rings. The van der Waals surface area contributed by atoms with E-state index in [0.717, 1.165) is 19.3 Å². The third-order valence-corrected chi connectivity index (χ3v) is 8.59. The molecule has 6 rings (SSSR count). The normalized spacial score (nSPS) is 38.0. The van der Waals surface area contributed by atoms with E-state index in [1.165, 1.54) is 12.1 Å². The fourth-order valence-electron chi connectivity index (χ4n) is 6.49. The number of fused-ring (bicyclic) bond motifs is 2. The number of hydrogen-bond acceptors (Lipinski definition) is 10. The summed E-state index contributed by atoms with van der Waals surface area (Å²) in [5.74, 6) is -1.78. The number of ether oxygens (including phenoxy) is 4. The summed E-state index contributed by atoms with van der Waals surface area (Å²) in [6.45, 7) is 6.04. The minimum Gasteiger partial charge on any atom is -0.442 e. The van der Waals surface area contributed by atoms with Gasteiger partial charge in [0.2, 0.25) is 18.2 Å². The summed E-state index contributed by atoms with van der Waals surface area (Å²) in [5.41, 5.74) is 0.119. The lowest BCUT2D eigenvalue weighted by Crippen LogP contribution is -2.70. The number of carbonyl (C=O) groups is 2. The lowest BCUT2D eigenvalue weighted by molar-refractivity contribution is -0.576. The van der Waals surface area contributed by atoms with Gasteiger partial charge >= 0.3 is 11.9 Å². The summed E-state index contributed by atoms with van der Waals surface area (Å²) >= 11 is 0. The van der Waals surface area contributed by atoms with Crippen LogP contribution in [0.25, 0.3) is 0 Å². The van der Waals surface area contributed by atoms with Gasteiger partial charge in [-0.25, -0.2) is 9.78 Å². The first-order chi connectivity index (χ1) is 18.2. The summed E-state index contributed by atoms with van der Waals surface area (Å²) in [4.78, 5) is 37.0. The molecule has 1 aromatic rings. The molecule has 0 amide bonds. The van der Waals surface area contributed by atoms with Crippen LogP contribution in [0.2, 0.25) is 0 Å². The molecule has 4 saturated heterocycles. The Morgan fingerprint density at radius 3 is 2.50 bits per heavy atom. The molecule has 2 bridgehead atoms. The van der Waals surface area contributed by atoms with E-state index in [4.69, 9.17) is 34.0 Å². The SMILES string of the molecule is C[C@H]1C(OC(=O)CCC(=O)OC(C#N)c2ccc(C#N)cc2)O[C@@H]2O[C@@]3(C)CC[C@H]4[C@H](C)CCC1C24OO3. The Kier molecular flexibility index (Phi) is 7.19. The smallest absolute Gasteiger partial charge is 0.308 e. The van der Waals surface area contributed by atoms with E-state index < -0.39 is 42.0 Å². The van der Waals surface area contributed by atoms with Gasteiger partial charge in [0.05, 0.1) is 24.5 Å². The highest BCUT2D eigenvalue weighted by atomic mass is 17.3. The van der Waals surface area contributed by atoms with Crippen molar-refractivity contribution in [1.29, 1.82) is 10.5 Å². The standard InChI is InChI=1S/C28H32N2O8/c1-16-4-9-21-17(2)25(35-26-28(21)20(16)12-13-27(3,36-26)37-38-28)34-24(32)11-10-23(31)33-22(15-30)19-7-5-18(14-29)6-8-19/h5-8,16-17,20-22,25-26H,4,9-13H2,1-3H3/t16-,17-,20+,21?,22?,25?,26-,27-,28?/m1/s1. The maximum atomic E-state index is 12.7. The molecule has 1 spiro atoms. The third-order valence-electron chi connectivity index (χ3n) is 8.59. The summed E-state index contributed by atoms with van der Waals surface area (Å²) < 4.78 is 23.4. The molecule has 10 nitrogen and oxygen atoms in total. The minimum atomic E-state index is -1.14. The van der Waals surface area contributed by atoms with Crippen LogP contribution in [0.3, 0.4) is 0 Å². The largest absolute Gasteiger partial charge is 0.442 e. The Balaban J connectivity index is 1.20. The summed E-state index contributed by atoms with van der Waals surface area (Å²) in [7, 11) is 0. The lowest BCUT2D eigenvalue weighted by Gasteiger charge is -2.59. The number of nitriles is 2. The van der Waals surface area contributed by atoms with Crippen molar-refractivity contribution in [3.63, 3.8) is 0 Å². The molecular weight excluding hydrogens is 492 g/mol.